The largest absolute Gasteiger partial charge is 0.383 e. The Balaban J connectivity index is 1.16. The lowest BCUT2D eigenvalue weighted by Gasteiger charge is -2.38. The highest BCUT2D eigenvalue weighted by molar-refractivity contribution is 9.10. The molecule has 0 amide bonds. The van der Waals surface area contributed by atoms with Gasteiger partial charge in [0.2, 0.25) is 5.82 Å². The van der Waals surface area contributed by atoms with Gasteiger partial charge in [0.25, 0.3) is 5.89 Å². The molecule has 2 saturated heterocycles. The zero-order valence-corrected chi connectivity index (χ0v) is 25.1. The van der Waals surface area contributed by atoms with E-state index in [0.717, 1.165) is 71.9 Å². The number of benzene rings is 2. The lowest BCUT2D eigenvalue weighted by molar-refractivity contribution is 0.352. The Morgan fingerprint density at radius 2 is 1.74 bits per heavy atom. The SMILES string of the molecule is Cc1c(NCCN2CCCC2)cc(-c2nc(-c3ccccc3)no2)cc1N1CCN(c2ncnc3n[nH]c(Br)c23)CC1. The monoisotopic (exact) mass is 628 g/mol. The number of anilines is 3. The minimum atomic E-state index is 0.518. The molecule has 0 radical (unpaired) electrons. The molecule has 2 aromatic carbocycles. The van der Waals surface area contributed by atoms with Crippen molar-refractivity contribution in [2.24, 2.45) is 0 Å². The van der Waals surface area contributed by atoms with Crippen LogP contribution < -0.4 is 15.1 Å². The third-order valence-corrected chi connectivity index (χ3v) is 8.81. The van der Waals surface area contributed by atoms with Crippen LogP contribution >= 0.6 is 15.9 Å². The fourth-order valence-corrected chi connectivity index (χ4v) is 6.38. The van der Waals surface area contributed by atoms with Crippen molar-refractivity contribution in [3.05, 3.63) is 59.0 Å². The summed E-state index contributed by atoms with van der Waals surface area (Å²) in [6.07, 6.45) is 4.17. The Hall–Kier alpha value is -4.03. The summed E-state index contributed by atoms with van der Waals surface area (Å²) in [7, 11) is 0. The maximum Gasteiger partial charge on any atom is 0.258 e. The van der Waals surface area contributed by atoms with Crippen LogP contribution in [0.5, 0.6) is 0 Å². The summed E-state index contributed by atoms with van der Waals surface area (Å²) >= 11 is 3.57. The second kappa shape index (κ2) is 11.7. The molecule has 12 heteroatoms. The summed E-state index contributed by atoms with van der Waals surface area (Å²) in [5, 5.41) is 16.2. The van der Waals surface area contributed by atoms with Gasteiger partial charge in [0.15, 0.2) is 5.65 Å². The summed E-state index contributed by atoms with van der Waals surface area (Å²) in [5.74, 6) is 2.00. The Labute approximate surface area is 252 Å². The number of piperazine rings is 1. The normalized spacial score (nSPS) is 16.0. The van der Waals surface area contributed by atoms with E-state index in [2.05, 4.69) is 80.3 Å². The van der Waals surface area contributed by atoms with Crippen LogP contribution in [0, 0.1) is 6.92 Å². The van der Waals surface area contributed by atoms with Gasteiger partial charge in [-0.15, -0.1) is 0 Å². The number of fused-ring (bicyclic) bond motifs is 1. The lowest BCUT2D eigenvalue weighted by Crippen LogP contribution is -2.47. The molecule has 0 aliphatic carbocycles. The second-order valence-electron chi connectivity index (χ2n) is 10.8. The topological polar surface area (TPSA) is 115 Å². The summed E-state index contributed by atoms with van der Waals surface area (Å²) in [4.78, 5) is 20.9. The van der Waals surface area contributed by atoms with E-state index in [1.165, 1.54) is 37.2 Å². The second-order valence-corrected chi connectivity index (χ2v) is 11.6. The molecule has 2 aliphatic rings. The number of aromatic nitrogens is 6. The Morgan fingerprint density at radius 1 is 0.952 bits per heavy atom. The van der Waals surface area contributed by atoms with Crippen molar-refractivity contribution in [3.63, 3.8) is 0 Å². The molecule has 2 aliphatic heterocycles. The molecule has 0 unspecified atom stereocenters. The van der Waals surface area contributed by atoms with Gasteiger partial charge in [-0.25, -0.2) is 9.97 Å². The molecule has 0 bridgehead atoms. The van der Waals surface area contributed by atoms with Crippen LogP contribution in [0.25, 0.3) is 33.9 Å². The molecule has 2 fully saturated rings. The van der Waals surface area contributed by atoms with Crippen LogP contribution in [0.1, 0.15) is 18.4 Å². The highest BCUT2D eigenvalue weighted by Crippen LogP contribution is 2.36. The summed E-state index contributed by atoms with van der Waals surface area (Å²) in [5.41, 5.74) is 6.01. The first-order chi connectivity index (χ1) is 20.6. The average molecular weight is 630 g/mol. The molecule has 3 aromatic heterocycles. The molecule has 2 N–H and O–H groups in total. The fraction of sp³-hybridized carbons (Fsp3) is 0.367. The molecule has 216 valence electrons. The fourth-order valence-electron chi connectivity index (χ4n) is 5.94. The minimum Gasteiger partial charge on any atom is -0.383 e. The molecule has 7 rings (SSSR count). The van der Waals surface area contributed by atoms with E-state index in [0.29, 0.717) is 17.4 Å². The number of nitrogens with one attached hydrogen (secondary N) is 2. The molecule has 42 heavy (non-hydrogen) atoms. The van der Waals surface area contributed by atoms with Crippen molar-refractivity contribution in [3.8, 4) is 22.8 Å². The van der Waals surface area contributed by atoms with Crippen LogP contribution in [-0.2, 0) is 0 Å². The first-order valence-corrected chi connectivity index (χ1v) is 15.3. The van der Waals surface area contributed by atoms with Crippen LogP contribution in [0.4, 0.5) is 17.2 Å². The maximum atomic E-state index is 5.80. The predicted molar refractivity (Wildman–Crippen MR) is 168 cm³/mol. The highest BCUT2D eigenvalue weighted by atomic mass is 79.9. The van der Waals surface area contributed by atoms with E-state index in [9.17, 15) is 0 Å². The van der Waals surface area contributed by atoms with Gasteiger partial charge in [-0.2, -0.15) is 10.1 Å². The molecule has 0 atom stereocenters. The van der Waals surface area contributed by atoms with Crippen molar-refractivity contribution in [1.82, 2.24) is 35.2 Å². The highest BCUT2D eigenvalue weighted by Gasteiger charge is 2.25. The maximum absolute atomic E-state index is 5.80. The van der Waals surface area contributed by atoms with Gasteiger partial charge in [0.05, 0.1) is 5.39 Å². The van der Waals surface area contributed by atoms with Crippen molar-refractivity contribution in [2.75, 3.05) is 67.5 Å². The van der Waals surface area contributed by atoms with Crippen LogP contribution in [0.2, 0.25) is 0 Å². The van der Waals surface area contributed by atoms with E-state index in [1.54, 1.807) is 6.33 Å². The standard InChI is InChI=1S/C30H33BrN10O/c1-20-23(32-9-12-39-10-5-6-11-39)17-22(30-35-27(38-42-30)21-7-3-2-4-8-21)18-24(20)40-13-15-41(16-14-40)29-25-26(31)36-37-28(25)33-19-34-29/h2-4,7-8,17-19,32H,5-6,9-16H2,1H3,(H,33,34,36,37). The predicted octanol–water partition coefficient (Wildman–Crippen LogP) is 4.98. The first-order valence-electron chi connectivity index (χ1n) is 14.5. The van der Waals surface area contributed by atoms with Gasteiger partial charge >= 0.3 is 0 Å². The molecular formula is C30H33BrN10O. The Bertz CT molecular complexity index is 1670. The smallest absolute Gasteiger partial charge is 0.258 e. The molecular weight excluding hydrogens is 596 g/mol. The summed E-state index contributed by atoms with van der Waals surface area (Å²) in [6.45, 7) is 9.84. The van der Waals surface area contributed by atoms with Crippen LogP contribution in [0.15, 0.2) is 57.9 Å². The Kier molecular flexibility index (Phi) is 7.47. The summed E-state index contributed by atoms with van der Waals surface area (Å²) in [6, 6.07) is 14.3. The Morgan fingerprint density at radius 3 is 2.55 bits per heavy atom. The van der Waals surface area contributed by atoms with E-state index >= 15 is 0 Å². The van der Waals surface area contributed by atoms with Gasteiger partial charge < -0.3 is 24.5 Å². The number of halogens is 1. The zero-order valence-electron chi connectivity index (χ0n) is 23.6. The van der Waals surface area contributed by atoms with Gasteiger partial charge in [0, 0.05) is 61.8 Å². The third kappa shape index (κ3) is 5.32. The van der Waals surface area contributed by atoms with Crippen molar-refractivity contribution >= 4 is 44.2 Å². The van der Waals surface area contributed by atoms with E-state index < -0.39 is 0 Å². The number of H-pyrrole nitrogens is 1. The molecule has 5 heterocycles. The molecule has 5 aromatic rings. The van der Waals surface area contributed by atoms with Gasteiger partial charge in [-0.1, -0.05) is 35.5 Å². The number of hydrogen-bond donors (Lipinski definition) is 2. The lowest BCUT2D eigenvalue weighted by atomic mass is 10.0. The molecule has 0 spiro atoms. The van der Waals surface area contributed by atoms with Crippen LogP contribution in [0.3, 0.4) is 0 Å². The van der Waals surface area contributed by atoms with Crippen molar-refractivity contribution in [1.29, 1.82) is 0 Å². The molecule has 0 saturated carbocycles. The number of rotatable bonds is 8. The van der Waals surface area contributed by atoms with Gasteiger partial charge in [-0.3, -0.25) is 5.10 Å². The van der Waals surface area contributed by atoms with Crippen LogP contribution in [-0.4, -0.2) is 87.6 Å². The number of aromatic amines is 1. The number of nitrogens with zero attached hydrogens (tertiary/aromatic N) is 8. The number of hydrogen-bond acceptors (Lipinski definition) is 10. The first kappa shape index (κ1) is 26.8. The van der Waals surface area contributed by atoms with Crippen molar-refractivity contribution in [2.45, 2.75) is 19.8 Å². The quantitative estimate of drug-likeness (QED) is 0.244. The summed E-state index contributed by atoms with van der Waals surface area (Å²) < 4.78 is 6.60. The number of likely N-dealkylation sites (tertiary alicyclic amines) is 1. The minimum absolute atomic E-state index is 0.518. The van der Waals surface area contributed by atoms with E-state index in [4.69, 9.17) is 9.51 Å². The average Bonchev–Trinajstić information content (AvgIpc) is 3.81. The third-order valence-electron chi connectivity index (χ3n) is 8.23. The van der Waals surface area contributed by atoms with Gasteiger partial charge in [0.1, 0.15) is 16.7 Å². The van der Waals surface area contributed by atoms with E-state index in [1.807, 2.05) is 30.3 Å². The zero-order chi connectivity index (χ0) is 28.5. The molecule has 11 nitrogen and oxygen atoms in total. The van der Waals surface area contributed by atoms with E-state index in [-0.39, 0.29) is 0 Å². The van der Waals surface area contributed by atoms with Gasteiger partial charge in [-0.05, 0) is 66.5 Å². The van der Waals surface area contributed by atoms with Crippen molar-refractivity contribution < 1.29 is 4.52 Å².